The van der Waals surface area contributed by atoms with Gasteiger partial charge in [0.2, 0.25) is 5.91 Å². The van der Waals surface area contributed by atoms with E-state index in [1.54, 1.807) is 0 Å². The number of hydrogen-bond donors (Lipinski definition) is 2. The number of anilines is 1. The molecule has 2 N–H and O–H groups in total. The Morgan fingerprint density at radius 3 is 2.11 bits per heavy atom. The lowest BCUT2D eigenvalue weighted by Crippen LogP contribution is -2.21. The molecule has 5 nitrogen and oxygen atoms in total. The first-order valence-electron chi connectivity index (χ1n) is 5.76. The lowest BCUT2D eigenvalue weighted by molar-refractivity contribution is -0.120. The van der Waals surface area contributed by atoms with E-state index in [-0.39, 0.29) is 16.7 Å². The quantitative estimate of drug-likeness (QED) is 0.805. The van der Waals surface area contributed by atoms with E-state index in [1.807, 2.05) is 13.8 Å². The largest absolute Gasteiger partial charge is 0.326 e. The number of amides is 1. The third-order valence-electron chi connectivity index (χ3n) is 2.78. The molecular weight excluding hydrogens is 254 g/mol. The average Bonchev–Trinajstić information content (AvgIpc) is 2.30. The molecule has 0 aliphatic carbocycles. The molecule has 0 aromatic heterocycles. The smallest absolute Gasteiger partial charge is 0.294 e. The van der Waals surface area contributed by atoms with Gasteiger partial charge in [0, 0.05) is 11.6 Å². The number of carbonyl (C=O) groups is 1. The SMILES string of the molecule is CCC(CC)C(=O)Nc1ccc(S(=O)(=O)O)cc1. The molecule has 100 valence electrons. The maximum absolute atomic E-state index is 11.8. The van der Waals surface area contributed by atoms with E-state index in [2.05, 4.69) is 5.32 Å². The van der Waals surface area contributed by atoms with Crippen molar-refractivity contribution in [2.45, 2.75) is 31.6 Å². The molecule has 0 saturated heterocycles. The van der Waals surface area contributed by atoms with E-state index in [1.165, 1.54) is 24.3 Å². The Kier molecular flexibility index (Phi) is 4.86. The lowest BCUT2D eigenvalue weighted by Gasteiger charge is -2.12. The van der Waals surface area contributed by atoms with E-state index in [4.69, 9.17) is 4.55 Å². The van der Waals surface area contributed by atoms with Crippen molar-refractivity contribution in [1.82, 2.24) is 0 Å². The molecule has 0 radical (unpaired) electrons. The van der Waals surface area contributed by atoms with Gasteiger partial charge in [-0.1, -0.05) is 13.8 Å². The van der Waals surface area contributed by atoms with Crippen LogP contribution in [0, 0.1) is 5.92 Å². The van der Waals surface area contributed by atoms with E-state index in [9.17, 15) is 13.2 Å². The van der Waals surface area contributed by atoms with Crippen molar-refractivity contribution in [2.75, 3.05) is 5.32 Å². The molecular formula is C12H17NO4S. The van der Waals surface area contributed by atoms with Gasteiger partial charge in [0.1, 0.15) is 0 Å². The van der Waals surface area contributed by atoms with Crippen molar-refractivity contribution in [2.24, 2.45) is 5.92 Å². The Hall–Kier alpha value is -1.40. The summed E-state index contributed by atoms with van der Waals surface area (Å²) in [6.45, 7) is 3.88. The molecule has 6 heteroatoms. The zero-order valence-electron chi connectivity index (χ0n) is 10.4. The van der Waals surface area contributed by atoms with Crippen LogP contribution in [-0.2, 0) is 14.9 Å². The van der Waals surface area contributed by atoms with Crippen LogP contribution in [0.1, 0.15) is 26.7 Å². The van der Waals surface area contributed by atoms with Gasteiger partial charge in [0.05, 0.1) is 4.90 Å². The topological polar surface area (TPSA) is 83.5 Å². The molecule has 1 aromatic carbocycles. The van der Waals surface area contributed by atoms with Crippen LogP contribution in [0.4, 0.5) is 5.69 Å². The van der Waals surface area contributed by atoms with Gasteiger partial charge in [-0.2, -0.15) is 8.42 Å². The number of benzene rings is 1. The fourth-order valence-corrected chi connectivity index (χ4v) is 2.09. The summed E-state index contributed by atoms with van der Waals surface area (Å²) in [5, 5.41) is 2.71. The Bertz CT molecular complexity index is 503. The highest BCUT2D eigenvalue weighted by molar-refractivity contribution is 7.85. The van der Waals surface area contributed by atoms with Gasteiger partial charge >= 0.3 is 0 Å². The van der Waals surface area contributed by atoms with Crippen LogP contribution in [-0.4, -0.2) is 18.9 Å². The zero-order valence-corrected chi connectivity index (χ0v) is 11.2. The van der Waals surface area contributed by atoms with Crippen LogP contribution in [0.5, 0.6) is 0 Å². The number of carbonyl (C=O) groups excluding carboxylic acids is 1. The van der Waals surface area contributed by atoms with Crippen LogP contribution in [0.15, 0.2) is 29.2 Å². The van der Waals surface area contributed by atoms with Crippen molar-refractivity contribution in [1.29, 1.82) is 0 Å². The van der Waals surface area contributed by atoms with Crippen LogP contribution in [0.25, 0.3) is 0 Å². The van der Waals surface area contributed by atoms with Crippen molar-refractivity contribution in [3.8, 4) is 0 Å². The van der Waals surface area contributed by atoms with Gasteiger partial charge in [0.15, 0.2) is 0 Å². The summed E-state index contributed by atoms with van der Waals surface area (Å²) in [6, 6.07) is 5.39. The Morgan fingerprint density at radius 2 is 1.72 bits per heavy atom. The molecule has 0 aliphatic heterocycles. The molecule has 1 rings (SSSR count). The highest BCUT2D eigenvalue weighted by Crippen LogP contribution is 2.16. The standard InChI is InChI=1S/C12H17NO4S/c1-3-9(4-2)12(14)13-10-5-7-11(8-6-10)18(15,16)17/h5-9H,3-4H2,1-2H3,(H,13,14)(H,15,16,17). The molecule has 18 heavy (non-hydrogen) atoms. The van der Waals surface area contributed by atoms with Crippen molar-refractivity contribution >= 4 is 21.7 Å². The van der Waals surface area contributed by atoms with Crippen molar-refractivity contribution in [3.63, 3.8) is 0 Å². The molecule has 1 aromatic rings. The van der Waals surface area contributed by atoms with E-state index in [0.717, 1.165) is 12.8 Å². The van der Waals surface area contributed by atoms with Gasteiger partial charge in [-0.3, -0.25) is 9.35 Å². The van der Waals surface area contributed by atoms with Gasteiger partial charge in [-0.05, 0) is 37.1 Å². The monoisotopic (exact) mass is 271 g/mol. The predicted molar refractivity (Wildman–Crippen MR) is 69.0 cm³/mol. The summed E-state index contributed by atoms with van der Waals surface area (Å²) < 4.78 is 30.5. The minimum absolute atomic E-state index is 0.0498. The Morgan fingerprint density at radius 1 is 1.22 bits per heavy atom. The van der Waals surface area contributed by atoms with Crippen molar-refractivity contribution in [3.05, 3.63) is 24.3 Å². The number of nitrogens with one attached hydrogen (secondary N) is 1. The van der Waals surface area contributed by atoms with Gasteiger partial charge in [-0.15, -0.1) is 0 Å². The predicted octanol–water partition coefficient (Wildman–Crippen LogP) is 2.31. The maximum Gasteiger partial charge on any atom is 0.294 e. The fourth-order valence-electron chi connectivity index (χ4n) is 1.61. The number of rotatable bonds is 5. The van der Waals surface area contributed by atoms with E-state index in [0.29, 0.717) is 5.69 Å². The van der Waals surface area contributed by atoms with Gasteiger partial charge in [-0.25, -0.2) is 0 Å². The molecule has 1 amide bonds. The summed E-state index contributed by atoms with van der Waals surface area (Å²) in [5.41, 5.74) is 0.513. The molecule has 0 saturated carbocycles. The lowest BCUT2D eigenvalue weighted by atomic mass is 10.0. The van der Waals surface area contributed by atoms with Crippen LogP contribution < -0.4 is 5.32 Å². The number of hydrogen-bond acceptors (Lipinski definition) is 3. The summed E-state index contributed by atoms with van der Waals surface area (Å²) in [5.74, 6) is -0.133. The van der Waals surface area contributed by atoms with Crippen LogP contribution >= 0.6 is 0 Å². The fraction of sp³-hybridized carbons (Fsp3) is 0.417. The highest BCUT2D eigenvalue weighted by atomic mass is 32.2. The molecule has 0 unspecified atom stereocenters. The van der Waals surface area contributed by atoms with Gasteiger partial charge < -0.3 is 5.32 Å². The van der Waals surface area contributed by atoms with E-state index >= 15 is 0 Å². The maximum atomic E-state index is 11.8. The second-order valence-corrected chi connectivity index (χ2v) is 5.42. The molecule has 0 fully saturated rings. The molecule has 0 bridgehead atoms. The first-order valence-corrected chi connectivity index (χ1v) is 7.20. The van der Waals surface area contributed by atoms with E-state index < -0.39 is 10.1 Å². The molecule has 0 atom stereocenters. The summed E-state index contributed by atoms with van der Waals surface area (Å²) in [4.78, 5) is 11.6. The third kappa shape index (κ3) is 3.82. The third-order valence-corrected chi connectivity index (χ3v) is 3.64. The Balaban J connectivity index is 2.79. The molecule has 0 aliphatic rings. The first-order chi connectivity index (χ1) is 8.38. The second-order valence-electron chi connectivity index (χ2n) is 4.00. The normalized spacial score (nSPS) is 11.6. The van der Waals surface area contributed by atoms with Crippen LogP contribution in [0.2, 0.25) is 0 Å². The summed E-state index contributed by atoms with van der Waals surface area (Å²) in [6.07, 6.45) is 1.51. The van der Waals surface area contributed by atoms with Crippen LogP contribution in [0.3, 0.4) is 0 Å². The van der Waals surface area contributed by atoms with Gasteiger partial charge in [0.25, 0.3) is 10.1 Å². The summed E-state index contributed by atoms with van der Waals surface area (Å²) >= 11 is 0. The van der Waals surface area contributed by atoms with Crippen molar-refractivity contribution < 1.29 is 17.8 Å². The Labute approximate surface area is 107 Å². The highest BCUT2D eigenvalue weighted by Gasteiger charge is 2.14. The first kappa shape index (κ1) is 14.7. The minimum Gasteiger partial charge on any atom is -0.326 e. The summed E-state index contributed by atoms with van der Waals surface area (Å²) in [7, 11) is -4.19. The minimum atomic E-state index is -4.19. The zero-order chi connectivity index (χ0) is 13.8. The molecule has 0 heterocycles. The average molecular weight is 271 g/mol. The second kappa shape index (κ2) is 5.97. The molecule has 0 spiro atoms.